The van der Waals surface area contributed by atoms with Crippen LogP contribution in [0.25, 0.3) is 10.4 Å². The highest BCUT2D eigenvalue weighted by atomic mass is 32.2. The van der Waals surface area contributed by atoms with Gasteiger partial charge in [-0.1, -0.05) is 5.11 Å². The molecule has 60 heavy (non-hydrogen) atoms. The van der Waals surface area contributed by atoms with Crippen LogP contribution in [0.1, 0.15) is 45.4 Å². The number of sulfonamides is 1. The first-order valence-corrected chi connectivity index (χ1v) is 21.7. The molecule has 9 N–H and O–H groups in total. The Morgan fingerprint density at radius 1 is 0.883 bits per heavy atom. The molecule has 3 saturated heterocycles. The molecule has 0 bridgehead atoms. The standard InChI is InChI=1S/C35H61N7O17S/c1-21(44)40-26-28(47)31(23(19-43)57-33(26)51)59-34-30(49)29(48)27(46)24(58-34)20-56-15-14-55-13-12-54-11-7-38-32(50)22-17-35(18-22)4-9-42(10-5-35)60(52,53)16-8-37-25(45)3-2-6-39-41-36/h22-24,26-31,33-34,43,46-49,51H,2-20H2,1H3,(H,37,45)(H,38,50)(H,40,44)/t23-,24-,26-,27-,28-,29+,30+,31-,33?,34+/m1/s1. The number of piperidine rings is 1. The fourth-order valence-corrected chi connectivity index (χ4v) is 9.06. The molecule has 0 aromatic heterocycles. The molecule has 3 aliphatic heterocycles. The van der Waals surface area contributed by atoms with Crippen LogP contribution in [0.15, 0.2) is 5.11 Å². The monoisotopic (exact) mass is 883 g/mol. The third-order valence-corrected chi connectivity index (χ3v) is 13.0. The predicted molar refractivity (Wildman–Crippen MR) is 205 cm³/mol. The SMILES string of the molecule is CC(=O)N[C@H]1C(O)O[C@H](CO)[C@@H](O[C@@H]2O[C@H](COCCOCCOCCNC(=O)C3CC4(CCN(S(=O)(=O)CCNC(=O)CCCN=[N+]=[N-])CC4)C3)[C@@H](O)[C@H](O)[C@@H]2O)[C@@H]1O. The zero-order valence-corrected chi connectivity index (χ0v) is 34.5. The van der Waals surface area contributed by atoms with Gasteiger partial charge in [-0.05, 0) is 43.1 Å². The Morgan fingerprint density at radius 3 is 2.20 bits per heavy atom. The van der Waals surface area contributed by atoms with Gasteiger partial charge in [-0.2, -0.15) is 0 Å². The maximum absolute atomic E-state index is 12.8. The van der Waals surface area contributed by atoms with Gasteiger partial charge in [0.1, 0.15) is 48.8 Å². The Balaban J connectivity index is 1.02. The number of carbonyl (C=O) groups excluding carboxylic acids is 3. The minimum Gasteiger partial charge on any atom is -0.394 e. The molecule has 0 aromatic rings. The Labute approximate surface area is 347 Å². The third-order valence-electron chi connectivity index (χ3n) is 11.1. The zero-order chi connectivity index (χ0) is 43.9. The van der Waals surface area contributed by atoms with Crippen molar-refractivity contribution in [1.82, 2.24) is 20.3 Å². The summed E-state index contributed by atoms with van der Waals surface area (Å²) in [6.45, 7) is 2.37. The maximum Gasteiger partial charge on any atom is 0.223 e. The van der Waals surface area contributed by atoms with Crippen LogP contribution >= 0.6 is 0 Å². The van der Waals surface area contributed by atoms with E-state index >= 15 is 0 Å². The third kappa shape index (κ3) is 14.4. The van der Waals surface area contributed by atoms with Crippen molar-refractivity contribution in [2.75, 3.05) is 84.7 Å². The van der Waals surface area contributed by atoms with Gasteiger partial charge in [0.05, 0.1) is 52.0 Å². The molecule has 1 unspecified atom stereocenters. The second kappa shape index (κ2) is 24.1. The minimum atomic E-state index is -3.54. The van der Waals surface area contributed by atoms with Crippen LogP contribution in [0.2, 0.25) is 0 Å². The molecule has 344 valence electrons. The number of nitrogens with zero attached hydrogens (tertiary/aromatic N) is 4. The molecular weight excluding hydrogens is 822 g/mol. The van der Waals surface area contributed by atoms with E-state index in [0.29, 0.717) is 51.7 Å². The first-order valence-electron chi connectivity index (χ1n) is 20.1. The van der Waals surface area contributed by atoms with Gasteiger partial charge in [0.2, 0.25) is 27.7 Å². The molecule has 10 atom stereocenters. The smallest absolute Gasteiger partial charge is 0.223 e. The molecule has 1 saturated carbocycles. The Hall–Kier alpha value is -2.85. The zero-order valence-electron chi connectivity index (χ0n) is 33.7. The minimum absolute atomic E-state index is 0.00155. The fourth-order valence-electron chi connectivity index (χ4n) is 7.70. The first kappa shape index (κ1) is 49.8. The second-order valence-electron chi connectivity index (χ2n) is 15.4. The number of aliphatic hydroxyl groups is 6. The molecule has 4 aliphatic rings. The molecule has 1 spiro atoms. The van der Waals surface area contributed by atoms with Crippen molar-refractivity contribution in [2.45, 2.75) is 107 Å². The Kier molecular flexibility index (Phi) is 20.0. The van der Waals surface area contributed by atoms with Crippen LogP contribution in [0.5, 0.6) is 0 Å². The van der Waals surface area contributed by atoms with Crippen molar-refractivity contribution in [3.8, 4) is 0 Å². The summed E-state index contributed by atoms with van der Waals surface area (Å²) in [7, 11) is -3.54. The van der Waals surface area contributed by atoms with Gasteiger partial charge in [0, 0.05) is 56.9 Å². The van der Waals surface area contributed by atoms with E-state index in [1.54, 1.807) is 0 Å². The van der Waals surface area contributed by atoms with Gasteiger partial charge in [0.25, 0.3) is 0 Å². The van der Waals surface area contributed by atoms with Crippen LogP contribution in [0, 0.1) is 11.3 Å². The number of carbonyl (C=O) groups is 3. The highest BCUT2D eigenvalue weighted by Crippen LogP contribution is 2.52. The van der Waals surface area contributed by atoms with Gasteiger partial charge in [-0.3, -0.25) is 14.4 Å². The number of hydrogen-bond donors (Lipinski definition) is 9. The molecule has 1 aliphatic carbocycles. The molecule has 3 amide bonds. The summed E-state index contributed by atoms with van der Waals surface area (Å²) in [5.74, 6) is -1.30. The lowest BCUT2D eigenvalue weighted by Crippen LogP contribution is -2.67. The van der Waals surface area contributed by atoms with Crippen molar-refractivity contribution in [3.05, 3.63) is 10.4 Å². The second-order valence-corrected chi connectivity index (χ2v) is 17.5. The van der Waals surface area contributed by atoms with Crippen molar-refractivity contribution >= 4 is 27.7 Å². The highest BCUT2D eigenvalue weighted by molar-refractivity contribution is 7.89. The van der Waals surface area contributed by atoms with Gasteiger partial charge >= 0.3 is 0 Å². The molecule has 25 heteroatoms. The predicted octanol–water partition coefficient (Wildman–Crippen LogP) is -4.05. The van der Waals surface area contributed by atoms with Crippen LogP contribution in [0.4, 0.5) is 0 Å². The number of amides is 3. The largest absolute Gasteiger partial charge is 0.394 e. The lowest BCUT2D eigenvalue weighted by Gasteiger charge is -2.51. The average Bonchev–Trinajstić information content (AvgIpc) is 3.20. The summed E-state index contributed by atoms with van der Waals surface area (Å²) in [4.78, 5) is 38.7. The van der Waals surface area contributed by atoms with Crippen molar-refractivity contribution in [2.24, 2.45) is 16.4 Å². The van der Waals surface area contributed by atoms with Gasteiger partial charge in [0.15, 0.2) is 12.6 Å². The number of rotatable bonds is 24. The number of hydrogen-bond acceptors (Lipinski definition) is 18. The summed E-state index contributed by atoms with van der Waals surface area (Å²) in [6, 6.07) is -1.34. The van der Waals surface area contributed by atoms with E-state index in [0.717, 1.165) is 6.92 Å². The van der Waals surface area contributed by atoms with Crippen LogP contribution in [-0.4, -0.2) is 207 Å². The van der Waals surface area contributed by atoms with E-state index in [4.69, 9.17) is 34.0 Å². The van der Waals surface area contributed by atoms with Crippen LogP contribution in [-0.2, 0) is 52.8 Å². The molecule has 4 fully saturated rings. The average molecular weight is 884 g/mol. The molecule has 3 heterocycles. The van der Waals surface area contributed by atoms with Crippen molar-refractivity contribution < 1.29 is 81.9 Å². The first-order chi connectivity index (χ1) is 28.6. The summed E-state index contributed by atoms with van der Waals surface area (Å²) >= 11 is 0. The van der Waals surface area contributed by atoms with E-state index < -0.39 is 83.9 Å². The molecule has 24 nitrogen and oxygen atoms in total. The Morgan fingerprint density at radius 2 is 1.55 bits per heavy atom. The fraction of sp³-hybridized carbons (Fsp3) is 0.914. The summed E-state index contributed by atoms with van der Waals surface area (Å²) in [5.41, 5.74) is 8.22. The highest BCUT2D eigenvalue weighted by Gasteiger charge is 2.51. The topological polar surface area (TPSA) is 350 Å². The normalized spacial score (nSPS) is 30.9. The van der Waals surface area contributed by atoms with E-state index in [1.807, 2.05) is 0 Å². The van der Waals surface area contributed by atoms with Crippen molar-refractivity contribution in [3.63, 3.8) is 0 Å². The van der Waals surface area contributed by atoms with Crippen molar-refractivity contribution in [1.29, 1.82) is 0 Å². The number of azide groups is 1. The summed E-state index contributed by atoms with van der Waals surface area (Å²) in [5, 5.41) is 73.2. The Bertz CT molecular complexity index is 1530. The van der Waals surface area contributed by atoms with Gasteiger partial charge in [-0.15, -0.1) is 0 Å². The number of ether oxygens (including phenoxy) is 6. The van der Waals surface area contributed by atoms with Crippen LogP contribution in [0.3, 0.4) is 0 Å². The maximum atomic E-state index is 12.8. The van der Waals surface area contributed by atoms with E-state index in [-0.39, 0.29) is 88.1 Å². The summed E-state index contributed by atoms with van der Waals surface area (Å²) < 4.78 is 60.1. The molecular formula is C35H61N7O17S. The number of aliphatic hydroxyl groups excluding tert-OH is 6. The van der Waals surface area contributed by atoms with E-state index in [9.17, 15) is 53.4 Å². The quantitative estimate of drug-likeness (QED) is 0.0193. The van der Waals surface area contributed by atoms with Gasteiger partial charge in [-0.25, -0.2) is 12.7 Å². The van der Waals surface area contributed by atoms with Crippen LogP contribution < -0.4 is 16.0 Å². The molecule has 0 radical (unpaired) electrons. The number of nitrogens with one attached hydrogen (secondary N) is 3. The lowest BCUT2D eigenvalue weighted by atomic mass is 9.57. The van der Waals surface area contributed by atoms with Gasteiger partial charge < -0.3 is 75.0 Å². The lowest BCUT2D eigenvalue weighted by molar-refractivity contribution is -0.346. The summed E-state index contributed by atoms with van der Waals surface area (Å²) in [6.07, 6.45) is -10.7. The molecule has 4 rings (SSSR count). The molecule has 0 aromatic carbocycles. The van der Waals surface area contributed by atoms with E-state index in [1.165, 1.54) is 4.31 Å². The van der Waals surface area contributed by atoms with E-state index in [2.05, 4.69) is 26.0 Å².